The lowest BCUT2D eigenvalue weighted by Crippen LogP contribution is -2.39. The van der Waals surface area contributed by atoms with E-state index in [0.717, 1.165) is 16.8 Å². The molecule has 3 aromatic rings. The van der Waals surface area contributed by atoms with Crippen LogP contribution >= 0.6 is 0 Å². The van der Waals surface area contributed by atoms with Crippen molar-refractivity contribution >= 4 is 0 Å². The minimum Gasteiger partial charge on any atom is -0.314 e. The lowest BCUT2D eigenvalue weighted by Gasteiger charge is -2.27. The Kier molecular flexibility index (Phi) is 13.7. The number of aryl methyl sites for hydroxylation is 1. The summed E-state index contributed by atoms with van der Waals surface area (Å²) >= 11 is 0. The summed E-state index contributed by atoms with van der Waals surface area (Å²) in [5, 5.41) is 11.1. The van der Waals surface area contributed by atoms with Gasteiger partial charge in [0.05, 0.1) is 23.8 Å². The first-order valence-corrected chi connectivity index (χ1v) is 12.7. The number of nitrogens with zero attached hydrogens (tertiary/aromatic N) is 3. The van der Waals surface area contributed by atoms with Crippen LogP contribution in [0, 0.1) is 6.92 Å². The van der Waals surface area contributed by atoms with Crippen molar-refractivity contribution in [3.8, 4) is 0 Å². The zero-order chi connectivity index (χ0) is 25.5. The average Bonchev–Trinajstić information content (AvgIpc) is 2.90. The lowest BCUT2D eigenvalue weighted by molar-refractivity contribution is -0.104. The Balaban J connectivity index is 0.000000644. The molecule has 0 aliphatic carbocycles. The van der Waals surface area contributed by atoms with Crippen LogP contribution in [-0.2, 0) is 13.0 Å². The molecule has 0 atom stereocenters. The summed E-state index contributed by atoms with van der Waals surface area (Å²) in [4.78, 5) is 18.1. The van der Waals surface area contributed by atoms with Gasteiger partial charge in [-0.15, -0.1) is 0 Å². The number of hydrogen-bond donors (Lipinski definition) is 1. The Morgan fingerprint density at radius 1 is 0.882 bits per heavy atom. The Morgan fingerprint density at radius 2 is 1.35 bits per heavy atom. The third kappa shape index (κ3) is 7.64. The monoisotopic (exact) mass is 465 g/mol. The number of rotatable bonds is 4. The summed E-state index contributed by atoms with van der Waals surface area (Å²) < 4.78 is 1.75. The van der Waals surface area contributed by atoms with E-state index in [1.54, 1.807) is 4.57 Å². The van der Waals surface area contributed by atoms with Crippen LogP contribution in [0.5, 0.6) is 0 Å². The first-order valence-electron chi connectivity index (χ1n) is 12.7. The second-order valence-electron chi connectivity index (χ2n) is 7.62. The number of aromatic nitrogens is 2. The van der Waals surface area contributed by atoms with Crippen molar-refractivity contribution in [2.24, 2.45) is 0 Å². The van der Waals surface area contributed by atoms with Crippen molar-refractivity contribution in [3.05, 3.63) is 99.2 Å². The molecule has 2 heterocycles. The molecule has 1 N–H and O–H groups in total. The van der Waals surface area contributed by atoms with Gasteiger partial charge in [0, 0.05) is 13.0 Å². The Labute approximate surface area is 206 Å². The van der Waals surface area contributed by atoms with Gasteiger partial charge >= 0.3 is 0 Å². The van der Waals surface area contributed by atoms with Crippen LogP contribution in [0.1, 0.15) is 88.6 Å². The summed E-state index contributed by atoms with van der Waals surface area (Å²) in [7, 11) is 0. The average molecular weight is 466 g/mol. The van der Waals surface area contributed by atoms with Crippen molar-refractivity contribution in [1.82, 2.24) is 14.6 Å². The van der Waals surface area contributed by atoms with Crippen LogP contribution in [0.25, 0.3) is 0 Å². The third-order valence-corrected chi connectivity index (χ3v) is 5.41. The van der Waals surface area contributed by atoms with Crippen LogP contribution < -0.4 is 5.56 Å². The molecule has 0 saturated heterocycles. The molecule has 0 spiro atoms. The van der Waals surface area contributed by atoms with Gasteiger partial charge in [-0.25, -0.2) is 4.98 Å². The zero-order valence-electron chi connectivity index (χ0n) is 22.1. The molecule has 0 fully saturated rings. The molecule has 1 aliphatic rings. The van der Waals surface area contributed by atoms with E-state index in [2.05, 4.69) is 13.8 Å². The van der Waals surface area contributed by atoms with E-state index in [1.807, 2.05) is 95.3 Å². The minimum atomic E-state index is -0.253. The van der Waals surface area contributed by atoms with Gasteiger partial charge < -0.3 is 5.21 Å². The first-order chi connectivity index (χ1) is 16.6. The van der Waals surface area contributed by atoms with Crippen molar-refractivity contribution in [3.63, 3.8) is 0 Å². The quantitative estimate of drug-likeness (QED) is 0.460. The topological polar surface area (TPSA) is 58.4 Å². The van der Waals surface area contributed by atoms with E-state index in [1.165, 1.54) is 17.9 Å². The molecule has 0 bridgehead atoms. The van der Waals surface area contributed by atoms with E-state index < -0.39 is 0 Å². The standard InChI is InChI=1S/C21H21N3O2.C4H10.2C2H6/c1-15-22-19-12-13-23(26)14-18(19)21(25)24(15)20(16-8-4-2-5-9-16)17-10-6-3-7-11-17;1-3-4-2;2*1-2/h2-11,20,26H,12-14H2,1H3;3-4H2,1-2H3;2*1-2H3. The van der Waals surface area contributed by atoms with Crippen LogP contribution in [0.3, 0.4) is 0 Å². The molecule has 5 heteroatoms. The molecule has 4 rings (SSSR count). The highest BCUT2D eigenvalue weighted by Crippen LogP contribution is 2.27. The van der Waals surface area contributed by atoms with Crippen LogP contribution in [-0.4, -0.2) is 26.4 Å². The molecule has 1 aliphatic heterocycles. The Hall–Kier alpha value is -2.76. The first kappa shape index (κ1) is 29.3. The maximum absolute atomic E-state index is 13.4. The van der Waals surface area contributed by atoms with Gasteiger partial charge in [0.1, 0.15) is 5.82 Å². The smallest absolute Gasteiger partial charge is 0.259 e. The second kappa shape index (κ2) is 16.0. The summed E-state index contributed by atoms with van der Waals surface area (Å²) in [6, 6.07) is 19.7. The number of benzene rings is 2. The molecule has 2 aromatic carbocycles. The second-order valence-corrected chi connectivity index (χ2v) is 7.62. The van der Waals surface area contributed by atoms with E-state index in [4.69, 9.17) is 4.98 Å². The molecule has 1 aromatic heterocycles. The fourth-order valence-corrected chi connectivity index (χ4v) is 3.66. The predicted molar refractivity (Wildman–Crippen MR) is 143 cm³/mol. The maximum Gasteiger partial charge on any atom is 0.259 e. The molecule has 0 radical (unpaired) electrons. The summed E-state index contributed by atoms with van der Waals surface area (Å²) in [6.07, 6.45) is 3.23. The van der Waals surface area contributed by atoms with Crippen LogP contribution in [0.4, 0.5) is 0 Å². The molecule has 0 unspecified atom stereocenters. The highest BCUT2D eigenvalue weighted by molar-refractivity contribution is 5.34. The highest BCUT2D eigenvalue weighted by Gasteiger charge is 2.26. The van der Waals surface area contributed by atoms with Gasteiger partial charge in [-0.2, -0.15) is 5.06 Å². The fourth-order valence-electron chi connectivity index (χ4n) is 3.66. The summed E-state index contributed by atoms with van der Waals surface area (Å²) in [5.41, 5.74) is 3.36. The minimum absolute atomic E-state index is 0.0797. The third-order valence-electron chi connectivity index (χ3n) is 5.41. The van der Waals surface area contributed by atoms with E-state index >= 15 is 0 Å². The number of unbranched alkanes of at least 4 members (excludes halogenated alkanes) is 1. The molecule has 5 nitrogen and oxygen atoms in total. The SMILES string of the molecule is CC.CC.CCCC.Cc1nc2c(c(=O)n1C(c1ccccc1)c1ccccc1)CN(O)CC2. The molecule has 34 heavy (non-hydrogen) atoms. The van der Waals surface area contributed by atoms with E-state index in [-0.39, 0.29) is 18.1 Å². The normalized spacial score (nSPS) is 12.3. The van der Waals surface area contributed by atoms with Crippen molar-refractivity contribution in [2.45, 2.75) is 80.3 Å². The molecule has 186 valence electrons. The molecular weight excluding hydrogens is 422 g/mol. The van der Waals surface area contributed by atoms with Gasteiger partial charge in [-0.1, -0.05) is 115 Å². The van der Waals surface area contributed by atoms with Crippen LogP contribution in [0.15, 0.2) is 65.5 Å². The van der Waals surface area contributed by atoms with E-state index in [9.17, 15) is 10.0 Å². The van der Waals surface area contributed by atoms with Crippen molar-refractivity contribution < 1.29 is 5.21 Å². The molecule has 0 amide bonds. The fraction of sp³-hybridized carbons (Fsp3) is 0.448. The Bertz CT molecular complexity index is 960. The highest BCUT2D eigenvalue weighted by atomic mass is 16.5. The number of hydroxylamine groups is 2. The maximum atomic E-state index is 13.4. The summed E-state index contributed by atoms with van der Waals surface area (Å²) in [5.74, 6) is 0.692. The van der Waals surface area contributed by atoms with Gasteiger partial charge in [-0.05, 0) is 18.1 Å². The molecule has 0 saturated carbocycles. The van der Waals surface area contributed by atoms with Gasteiger partial charge in [-0.3, -0.25) is 9.36 Å². The zero-order valence-corrected chi connectivity index (χ0v) is 22.1. The van der Waals surface area contributed by atoms with Gasteiger partial charge in [0.2, 0.25) is 0 Å². The lowest BCUT2D eigenvalue weighted by atomic mass is 9.97. The van der Waals surface area contributed by atoms with Crippen molar-refractivity contribution in [1.29, 1.82) is 0 Å². The van der Waals surface area contributed by atoms with Gasteiger partial charge in [0.25, 0.3) is 5.56 Å². The predicted octanol–water partition coefficient (Wildman–Crippen LogP) is 6.80. The Morgan fingerprint density at radius 3 is 1.79 bits per heavy atom. The number of fused-ring (bicyclic) bond motifs is 1. The van der Waals surface area contributed by atoms with Gasteiger partial charge in [0.15, 0.2) is 0 Å². The molecular formula is C29H43N3O2. The van der Waals surface area contributed by atoms with Crippen molar-refractivity contribution in [2.75, 3.05) is 6.54 Å². The largest absolute Gasteiger partial charge is 0.314 e. The summed E-state index contributed by atoms with van der Waals surface area (Å²) in [6.45, 7) is 15.0. The van der Waals surface area contributed by atoms with E-state index in [0.29, 0.717) is 24.4 Å². The number of hydrogen-bond acceptors (Lipinski definition) is 4. The van der Waals surface area contributed by atoms with Crippen LogP contribution in [0.2, 0.25) is 0 Å².